The van der Waals surface area contributed by atoms with E-state index in [4.69, 9.17) is 0 Å². The number of hydrogen-bond acceptors (Lipinski definition) is 1. The summed E-state index contributed by atoms with van der Waals surface area (Å²) in [6.07, 6.45) is 9.03. The summed E-state index contributed by atoms with van der Waals surface area (Å²) in [6, 6.07) is 0. The summed E-state index contributed by atoms with van der Waals surface area (Å²) in [5, 5.41) is 0. The highest BCUT2D eigenvalue weighted by Gasteiger charge is 2.18. The molecule has 0 aromatic rings. The van der Waals surface area contributed by atoms with Crippen molar-refractivity contribution >= 4 is 5.91 Å². The first kappa shape index (κ1) is 8.33. The Morgan fingerprint density at radius 3 is 2.69 bits per heavy atom. The molecule has 0 N–H and O–H groups in total. The maximum absolute atomic E-state index is 11.8. The van der Waals surface area contributed by atoms with Crippen molar-refractivity contribution in [3.8, 4) is 0 Å². The fourth-order valence-electron chi connectivity index (χ4n) is 1.73. The van der Waals surface area contributed by atoms with Gasteiger partial charge in [0.05, 0.1) is 5.57 Å². The Morgan fingerprint density at radius 1 is 1.31 bits per heavy atom. The molecule has 0 radical (unpaired) electrons. The highest BCUT2D eigenvalue weighted by Crippen LogP contribution is 2.13. The van der Waals surface area contributed by atoms with E-state index in [1.165, 1.54) is 6.42 Å². The summed E-state index contributed by atoms with van der Waals surface area (Å²) in [5.74, 6) is 0.143. The van der Waals surface area contributed by atoms with Crippen LogP contribution in [0.4, 0.5) is 0 Å². The molecule has 2 aliphatic rings. The van der Waals surface area contributed by atoms with Gasteiger partial charge in [0.1, 0.15) is 0 Å². The van der Waals surface area contributed by atoms with Crippen LogP contribution in [0.3, 0.4) is 0 Å². The fraction of sp³-hybridized carbons (Fsp3) is 0.455. The average molecular weight is 175 g/mol. The smallest absolute Gasteiger partial charge is 0.261 e. The van der Waals surface area contributed by atoms with Gasteiger partial charge in [-0.05, 0) is 31.4 Å². The number of carbonyl (C=O) groups is 1. The third-order valence-electron chi connectivity index (χ3n) is 2.47. The van der Waals surface area contributed by atoms with Crippen LogP contribution in [0.1, 0.15) is 19.3 Å². The van der Waals surface area contributed by atoms with Crippen LogP contribution in [0.15, 0.2) is 29.5 Å². The molecule has 2 rings (SSSR count). The molecule has 1 aliphatic carbocycles. The van der Waals surface area contributed by atoms with Gasteiger partial charge in [-0.25, -0.2) is 0 Å². The van der Waals surface area contributed by atoms with Gasteiger partial charge >= 0.3 is 0 Å². The normalized spacial score (nSPS) is 20.6. The van der Waals surface area contributed by atoms with Crippen LogP contribution in [-0.4, -0.2) is 23.9 Å². The van der Waals surface area contributed by atoms with Crippen LogP contribution in [0.25, 0.3) is 0 Å². The molecule has 2 heteroatoms. The number of carbonyl (C=O) groups excluding carboxylic acids is 1. The molecule has 1 heterocycles. The van der Waals surface area contributed by atoms with Gasteiger partial charge in [-0.15, -0.1) is 5.73 Å². The molecule has 68 valence electrons. The topological polar surface area (TPSA) is 20.3 Å². The van der Waals surface area contributed by atoms with Crippen LogP contribution < -0.4 is 0 Å². The van der Waals surface area contributed by atoms with Crippen molar-refractivity contribution in [1.29, 1.82) is 0 Å². The van der Waals surface area contributed by atoms with E-state index in [9.17, 15) is 4.79 Å². The van der Waals surface area contributed by atoms with Crippen molar-refractivity contribution in [3.63, 3.8) is 0 Å². The van der Waals surface area contributed by atoms with Crippen molar-refractivity contribution in [2.75, 3.05) is 13.1 Å². The Kier molecular flexibility index (Phi) is 2.33. The molecule has 2 nitrogen and oxygen atoms in total. The van der Waals surface area contributed by atoms with E-state index in [0.29, 0.717) is 5.57 Å². The summed E-state index contributed by atoms with van der Waals surface area (Å²) < 4.78 is 0. The number of piperidine rings is 1. The molecule has 0 aromatic heterocycles. The van der Waals surface area contributed by atoms with E-state index in [1.54, 1.807) is 6.08 Å². The van der Waals surface area contributed by atoms with E-state index in [0.717, 1.165) is 25.9 Å². The third-order valence-corrected chi connectivity index (χ3v) is 2.47. The van der Waals surface area contributed by atoms with Crippen LogP contribution in [0.2, 0.25) is 0 Å². The third kappa shape index (κ3) is 1.73. The summed E-state index contributed by atoms with van der Waals surface area (Å²) >= 11 is 0. The van der Waals surface area contributed by atoms with Gasteiger partial charge in [-0.2, -0.15) is 0 Å². The van der Waals surface area contributed by atoms with Gasteiger partial charge in [0, 0.05) is 13.1 Å². The van der Waals surface area contributed by atoms with Crippen LogP contribution in [-0.2, 0) is 4.79 Å². The second-order valence-corrected chi connectivity index (χ2v) is 3.44. The number of rotatable bonds is 1. The lowest BCUT2D eigenvalue weighted by Crippen LogP contribution is -2.35. The molecule has 0 spiro atoms. The highest BCUT2D eigenvalue weighted by molar-refractivity contribution is 5.96. The Hall–Kier alpha value is -1.27. The summed E-state index contributed by atoms with van der Waals surface area (Å²) in [7, 11) is 0. The van der Waals surface area contributed by atoms with Crippen molar-refractivity contribution in [2.24, 2.45) is 0 Å². The van der Waals surface area contributed by atoms with Crippen LogP contribution in [0, 0.1) is 0 Å². The summed E-state index contributed by atoms with van der Waals surface area (Å²) in [4.78, 5) is 13.7. The maximum atomic E-state index is 11.8. The molecule has 1 saturated heterocycles. The Morgan fingerprint density at radius 2 is 2.08 bits per heavy atom. The van der Waals surface area contributed by atoms with Gasteiger partial charge in [0.2, 0.25) is 0 Å². The number of amides is 1. The second kappa shape index (κ2) is 3.63. The molecular formula is C11H13NO. The number of likely N-dealkylation sites (tertiary alicyclic amines) is 1. The molecular weight excluding hydrogens is 162 g/mol. The number of allylic oxidation sites excluding steroid dienone is 1. The molecule has 0 unspecified atom stereocenters. The molecule has 1 fully saturated rings. The number of nitrogens with zero attached hydrogens (tertiary/aromatic N) is 1. The highest BCUT2D eigenvalue weighted by atomic mass is 16.2. The molecule has 13 heavy (non-hydrogen) atoms. The Balaban J connectivity index is 2.03. The Labute approximate surface area is 78.2 Å². The van der Waals surface area contributed by atoms with Gasteiger partial charge in [0.25, 0.3) is 5.91 Å². The summed E-state index contributed by atoms with van der Waals surface area (Å²) in [6.45, 7) is 1.83. The largest absolute Gasteiger partial charge is 0.338 e. The minimum absolute atomic E-state index is 0.143. The molecule has 1 amide bonds. The van der Waals surface area contributed by atoms with Gasteiger partial charge < -0.3 is 4.90 Å². The zero-order valence-electron chi connectivity index (χ0n) is 7.62. The van der Waals surface area contributed by atoms with Gasteiger partial charge in [0.15, 0.2) is 0 Å². The van der Waals surface area contributed by atoms with Gasteiger partial charge in [-0.1, -0.05) is 6.08 Å². The predicted octanol–water partition coefficient (Wildman–Crippen LogP) is 1.65. The molecule has 0 atom stereocenters. The zero-order chi connectivity index (χ0) is 9.10. The fourth-order valence-corrected chi connectivity index (χ4v) is 1.73. The SMILES string of the molecule is O=C(C1=C=CC=C1)N1CCCCC1. The summed E-state index contributed by atoms with van der Waals surface area (Å²) in [5.41, 5.74) is 3.65. The van der Waals surface area contributed by atoms with Crippen molar-refractivity contribution in [2.45, 2.75) is 19.3 Å². The monoisotopic (exact) mass is 175 g/mol. The van der Waals surface area contributed by atoms with Gasteiger partial charge in [-0.3, -0.25) is 4.79 Å². The lowest BCUT2D eigenvalue weighted by molar-refractivity contribution is -0.127. The number of hydrogen-bond donors (Lipinski definition) is 0. The van der Waals surface area contributed by atoms with E-state index >= 15 is 0 Å². The standard InChI is InChI=1S/C11H13NO/c13-11(10-6-2-3-7-10)12-8-4-1-5-9-12/h2-3,6H,1,4-5,8-9H2. The lowest BCUT2D eigenvalue weighted by atomic mass is 10.1. The first-order valence-corrected chi connectivity index (χ1v) is 4.80. The average Bonchev–Trinajstić information content (AvgIpc) is 2.71. The lowest BCUT2D eigenvalue weighted by Gasteiger charge is -2.26. The maximum Gasteiger partial charge on any atom is 0.261 e. The molecule has 0 bridgehead atoms. The quantitative estimate of drug-likeness (QED) is 0.555. The Bertz CT molecular complexity index is 302. The molecule has 0 saturated carbocycles. The molecule has 0 aromatic carbocycles. The van der Waals surface area contributed by atoms with Crippen molar-refractivity contribution in [1.82, 2.24) is 4.90 Å². The predicted molar refractivity (Wildman–Crippen MR) is 51.2 cm³/mol. The van der Waals surface area contributed by atoms with E-state index < -0.39 is 0 Å². The van der Waals surface area contributed by atoms with E-state index in [2.05, 4.69) is 5.73 Å². The van der Waals surface area contributed by atoms with Crippen LogP contribution >= 0.6 is 0 Å². The zero-order valence-corrected chi connectivity index (χ0v) is 7.62. The minimum Gasteiger partial charge on any atom is -0.338 e. The first-order valence-electron chi connectivity index (χ1n) is 4.80. The van der Waals surface area contributed by atoms with Crippen molar-refractivity contribution in [3.05, 3.63) is 29.5 Å². The van der Waals surface area contributed by atoms with Crippen LogP contribution in [0.5, 0.6) is 0 Å². The first-order chi connectivity index (χ1) is 6.38. The molecule has 1 aliphatic heterocycles. The van der Waals surface area contributed by atoms with Crippen molar-refractivity contribution < 1.29 is 4.79 Å². The minimum atomic E-state index is 0.143. The second-order valence-electron chi connectivity index (χ2n) is 3.44. The van der Waals surface area contributed by atoms with E-state index in [-0.39, 0.29) is 5.91 Å². The van der Waals surface area contributed by atoms with E-state index in [1.807, 2.05) is 17.1 Å².